The Labute approximate surface area is 148 Å². The van der Waals surface area contributed by atoms with E-state index in [9.17, 15) is 0 Å². The molecule has 132 valence electrons. The lowest BCUT2D eigenvalue weighted by Gasteiger charge is -2.22. The fraction of sp³-hybridized carbons (Fsp3) is 0.450. The van der Waals surface area contributed by atoms with Crippen LogP contribution in [0.2, 0.25) is 0 Å². The van der Waals surface area contributed by atoms with E-state index in [-0.39, 0.29) is 0 Å². The van der Waals surface area contributed by atoms with Gasteiger partial charge < -0.3 is 9.30 Å². The summed E-state index contributed by atoms with van der Waals surface area (Å²) in [6.45, 7) is 4.58. The van der Waals surface area contributed by atoms with Crippen LogP contribution in [0.15, 0.2) is 42.7 Å². The lowest BCUT2D eigenvalue weighted by atomic mass is 9.98. The molecule has 1 saturated heterocycles. The minimum atomic E-state index is 0.521. The van der Waals surface area contributed by atoms with Crippen LogP contribution in [0.4, 0.5) is 0 Å². The Morgan fingerprint density at radius 1 is 1.16 bits per heavy atom. The van der Waals surface area contributed by atoms with Crippen LogP contribution in [0, 0.1) is 5.92 Å². The Balaban J connectivity index is 1.44. The van der Waals surface area contributed by atoms with Gasteiger partial charge in [-0.2, -0.15) is 5.10 Å². The third-order valence-electron chi connectivity index (χ3n) is 5.05. The van der Waals surface area contributed by atoms with Gasteiger partial charge >= 0.3 is 0 Å². The Kier molecular flexibility index (Phi) is 4.59. The third kappa shape index (κ3) is 3.78. The molecule has 0 radical (unpaired) electrons. The summed E-state index contributed by atoms with van der Waals surface area (Å²) in [5.74, 6) is 0.521. The van der Waals surface area contributed by atoms with Crippen molar-refractivity contribution in [2.24, 2.45) is 20.0 Å². The van der Waals surface area contributed by atoms with E-state index in [0.29, 0.717) is 5.92 Å². The molecule has 1 aliphatic rings. The molecular formula is C20H26N4O. The van der Waals surface area contributed by atoms with E-state index < -0.39 is 0 Å². The second-order valence-corrected chi connectivity index (χ2v) is 7.18. The van der Waals surface area contributed by atoms with Crippen molar-refractivity contribution < 1.29 is 4.74 Å². The van der Waals surface area contributed by atoms with Gasteiger partial charge in [-0.15, -0.1) is 0 Å². The van der Waals surface area contributed by atoms with Gasteiger partial charge in [0, 0.05) is 51.6 Å². The molecule has 1 unspecified atom stereocenters. The number of hydrogen-bond donors (Lipinski definition) is 0. The summed E-state index contributed by atoms with van der Waals surface area (Å²) >= 11 is 0. The second-order valence-electron chi connectivity index (χ2n) is 7.18. The first-order valence-corrected chi connectivity index (χ1v) is 9.00. The number of fused-ring (bicyclic) bond motifs is 1. The molecule has 1 atom stereocenters. The quantitative estimate of drug-likeness (QED) is 0.733. The summed E-state index contributed by atoms with van der Waals surface area (Å²) in [5, 5.41) is 5.83. The molecule has 1 aliphatic heterocycles. The Morgan fingerprint density at radius 2 is 2.08 bits per heavy atom. The summed E-state index contributed by atoms with van der Waals surface area (Å²) < 4.78 is 9.91. The van der Waals surface area contributed by atoms with Crippen LogP contribution in [0.5, 0.6) is 0 Å². The van der Waals surface area contributed by atoms with Crippen LogP contribution in [0.1, 0.15) is 11.3 Å². The summed E-state index contributed by atoms with van der Waals surface area (Å²) in [5.41, 5.74) is 3.82. The molecule has 2 aromatic heterocycles. The highest BCUT2D eigenvalue weighted by Crippen LogP contribution is 2.20. The standard InChI is InChI=1S/C20H26N4O/c1-22-7-5-18-12-16(3-4-20(18)22)11-17-13-24(9-10-25-15-17)14-19-6-8-23(2)21-19/h3-8,12,17H,9-11,13-15H2,1-2H3. The van der Waals surface area contributed by atoms with Crippen LogP contribution in [0.25, 0.3) is 10.9 Å². The van der Waals surface area contributed by atoms with Crippen molar-refractivity contribution in [3.05, 3.63) is 54.0 Å². The van der Waals surface area contributed by atoms with Crippen LogP contribution < -0.4 is 0 Å². The molecule has 4 rings (SSSR count). The second kappa shape index (κ2) is 7.02. The van der Waals surface area contributed by atoms with Crippen molar-refractivity contribution in [3.63, 3.8) is 0 Å². The van der Waals surface area contributed by atoms with E-state index in [1.54, 1.807) is 0 Å². The first-order chi connectivity index (χ1) is 12.2. The van der Waals surface area contributed by atoms with Gasteiger partial charge in [0.2, 0.25) is 0 Å². The molecule has 3 heterocycles. The van der Waals surface area contributed by atoms with E-state index in [1.165, 1.54) is 16.5 Å². The van der Waals surface area contributed by atoms with Crippen LogP contribution in [-0.4, -0.2) is 45.6 Å². The van der Waals surface area contributed by atoms with Crippen molar-refractivity contribution >= 4 is 10.9 Å². The van der Waals surface area contributed by atoms with Gasteiger partial charge in [0.05, 0.1) is 18.9 Å². The van der Waals surface area contributed by atoms with Gasteiger partial charge in [0.25, 0.3) is 0 Å². The molecule has 3 aromatic rings. The molecular weight excluding hydrogens is 312 g/mol. The van der Waals surface area contributed by atoms with Crippen molar-refractivity contribution in [1.29, 1.82) is 0 Å². The van der Waals surface area contributed by atoms with Gasteiger partial charge in [-0.25, -0.2) is 0 Å². The summed E-state index contributed by atoms with van der Waals surface area (Å²) in [6.07, 6.45) is 5.19. The summed E-state index contributed by atoms with van der Waals surface area (Å²) in [4.78, 5) is 2.47. The van der Waals surface area contributed by atoms with E-state index in [1.807, 2.05) is 17.9 Å². The maximum absolute atomic E-state index is 5.87. The summed E-state index contributed by atoms with van der Waals surface area (Å²) in [7, 11) is 4.06. The number of nitrogens with zero attached hydrogens (tertiary/aromatic N) is 4. The molecule has 1 aromatic carbocycles. The average Bonchev–Trinajstić information content (AvgIpc) is 3.09. The monoisotopic (exact) mass is 338 g/mol. The zero-order valence-corrected chi connectivity index (χ0v) is 15.1. The highest BCUT2D eigenvalue weighted by Gasteiger charge is 2.20. The zero-order valence-electron chi connectivity index (χ0n) is 15.1. The average molecular weight is 338 g/mol. The van der Waals surface area contributed by atoms with Crippen LogP contribution in [0.3, 0.4) is 0 Å². The predicted octanol–water partition coefficient (Wildman–Crippen LogP) is 2.60. The molecule has 1 fully saturated rings. The lowest BCUT2D eigenvalue weighted by Crippen LogP contribution is -2.30. The van der Waals surface area contributed by atoms with Gasteiger partial charge in [0.1, 0.15) is 0 Å². The molecule has 0 amide bonds. The fourth-order valence-corrected chi connectivity index (χ4v) is 3.79. The molecule has 25 heavy (non-hydrogen) atoms. The minimum absolute atomic E-state index is 0.521. The van der Waals surface area contributed by atoms with Crippen molar-refractivity contribution in [3.8, 4) is 0 Å². The van der Waals surface area contributed by atoms with E-state index in [2.05, 4.69) is 58.1 Å². The zero-order chi connectivity index (χ0) is 17.2. The van der Waals surface area contributed by atoms with Crippen molar-refractivity contribution in [2.75, 3.05) is 26.3 Å². The minimum Gasteiger partial charge on any atom is -0.380 e. The molecule has 0 saturated carbocycles. The van der Waals surface area contributed by atoms with Crippen molar-refractivity contribution in [1.82, 2.24) is 19.2 Å². The molecule has 5 heteroatoms. The normalized spacial score (nSPS) is 19.4. The molecule has 5 nitrogen and oxygen atoms in total. The van der Waals surface area contributed by atoms with E-state index in [4.69, 9.17) is 4.74 Å². The van der Waals surface area contributed by atoms with Gasteiger partial charge in [-0.3, -0.25) is 9.58 Å². The van der Waals surface area contributed by atoms with E-state index in [0.717, 1.165) is 45.0 Å². The smallest absolute Gasteiger partial charge is 0.0764 e. The first-order valence-electron chi connectivity index (χ1n) is 9.00. The molecule has 0 bridgehead atoms. The predicted molar refractivity (Wildman–Crippen MR) is 99.4 cm³/mol. The number of rotatable bonds is 4. The Morgan fingerprint density at radius 3 is 2.92 bits per heavy atom. The van der Waals surface area contributed by atoms with Gasteiger partial charge in [-0.1, -0.05) is 6.07 Å². The molecule has 0 aliphatic carbocycles. The van der Waals surface area contributed by atoms with E-state index >= 15 is 0 Å². The third-order valence-corrected chi connectivity index (χ3v) is 5.05. The highest BCUT2D eigenvalue weighted by atomic mass is 16.5. The molecule has 0 N–H and O–H groups in total. The summed E-state index contributed by atoms with van der Waals surface area (Å²) in [6, 6.07) is 11.1. The Bertz CT molecular complexity index is 850. The number of hydrogen-bond acceptors (Lipinski definition) is 3. The number of ether oxygens (including phenoxy) is 1. The van der Waals surface area contributed by atoms with Crippen molar-refractivity contribution in [2.45, 2.75) is 13.0 Å². The van der Waals surface area contributed by atoms with Gasteiger partial charge in [-0.05, 0) is 47.6 Å². The highest BCUT2D eigenvalue weighted by molar-refractivity contribution is 5.80. The SMILES string of the molecule is Cn1ccc(CN2CCOCC(Cc3ccc4c(ccn4C)c3)C2)n1. The maximum Gasteiger partial charge on any atom is 0.0764 e. The van der Waals surface area contributed by atoms with Crippen LogP contribution >= 0.6 is 0 Å². The first kappa shape index (κ1) is 16.4. The topological polar surface area (TPSA) is 35.2 Å². The number of benzene rings is 1. The Hall–Kier alpha value is -2.11. The lowest BCUT2D eigenvalue weighted by molar-refractivity contribution is 0.121. The molecule has 0 spiro atoms. The van der Waals surface area contributed by atoms with Gasteiger partial charge in [0.15, 0.2) is 0 Å². The number of aryl methyl sites for hydroxylation is 2. The van der Waals surface area contributed by atoms with Crippen LogP contribution in [-0.2, 0) is 31.8 Å². The number of aromatic nitrogens is 3. The largest absolute Gasteiger partial charge is 0.380 e. The fourth-order valence-electron chi connectivity index (χ4n) is 3.79. The maximum atomic E-state index is 5.87.